The Morgan fingerprint density at radius 1 is 0.907 bits per heavy atom. The molecule has 5 amide bonds. The number of amides is 5. The largest absolute Gasteiger partial charge is 0.459 e. The second kappa shape index (κ2) is 17.9. The zero-order chi connectivity index (χ0) is 38.8. The van der Waals surface area contributed by atoms with Gasteiger partial charge < -0.3 is 30.7 Å². The van der Waals surface area contributed by atoms with E-state index in [2.05, 4.69) is 31.6 Å². The van der Waals surface area contributed by atoms with Gasteiger partial charge in [0.2, 0.25) is 5.91 Å². The Labute approximate surface area is 322 Å². The molecule has 2 atom stereocenters. The number of nitrogens with zero attached hydrogens (tertiary/aromatic N) is 1. The Bertz CT molecular complexity index is 2020. The molecule has 13 nitrogen and oxygen atoms in total. The van der Waals surface area contributed by atoms with Crippen molar-refractivity contribution in [1.29, 1.82) is 0 Å². The minimum atomic E-state index is -1.34. The predicted molar refractivity (Wildman–Crippen MR) is 204 cm³/mol. The lowest BCUT2D eigenvalue weighted by Gasteiger charge is -2.21. The zero-order valence-electron chi connectivity index (χ0n) is 29.8. The molecule has 0 bridgehead atoms. The normalized spacial score (nSPS) is 13.8. The van der Waals surface area contributed by atoms with Gasteiger partial charge in [-0.2, -0.15) is 0 Å². The number of hydrogen-bond acceptors (Lipinski definition) is 8. The number of benzene rings is 3. The number of pyridine rings is 1. The number of nitrogens with one attached hydrogen (secondary N) is 5. The zero-order valence-corrected chi connectivity index (χ0v) is 31.3. The minimum absolute atomic E-state index is 0.0514. The molecule has 4 aromatic rings. The molecule has 1 unspecified atom stereocenters. The van der Waals surface area contributed by atoms with Crippen molar-refractivity contribution in [1.82, 2.24) is 20.9 Å². The summed E-state index contributed by atoms with van der Waals surface area (Å²) in [5.74, 6) is -1.97. The summed E-state index contributed by atoms with van der Waals surface area (Å²) in [5, 5.41) is 13.1. The summed E-state index contributed by atoms with van der Waals surface area (Å²) in [6.45, 7) is 4.79. The van der Waals surface area contributed by atoms with E-state index in [-0.39, 0.29) is 52.7 Å². The number of halogens is 2. The van der Waals surface area contributed by atoms with Gasteiger partial charge in [0.1, 0.15) is 24.1 Å². The third kappa shape index (κ3) is 11.2. The third-order valence-corrected chi connectivity index (χ3v) is 8.84. The third-order valence-electron chi connectivity index (χ3n) is 8.13. The SMILES string of the molecule is CC(C)(C)OC(=O)Nc1cc(CC(=O)Nc2ccc(Cl)c(C(=O)N[C@@H](CNC(=O)NC3CCc4ccccc43)C(=O)OCc3ccccc3)c2Cl)ccn1. The number of rotatable bonds is 12. The first-order chi connectivity index (χ1) is 25.8. The summed E-state index contributed by atoms with van der Waals surface area (Å²) in [5.41, 5.74) is 2.57. The molecular weight excluding hydrogens is 735 g/mol. The van der Waals surface area contributed by atoms with Gasteiger partial charge in [-0.3, -0.25) is 14.9 Å². The maximum atomic E-state index is 13.7. The van der Waals surface area contributed by atoms with E-state index < -0.39 is 41.6 Å². The number of fused-ring (bicyclic) bond motifs is 1. The molecule has 5 rings (SSSR count). The summed E-state index contributed by atoms with van der Waals surface area (Å²) in [4.78, 5) is 69.3. The predicted octanol–water partition coefficient (Wildman–Crippen LogP) is 6.75. The van der Waals surface area contributed by atoms with Crippen molar-refractivity contribution in [3.05, 3.63) is 123 Å². The Balaban J connectivity index is 1.25. The van der Waals surface area contributed by atoms with Gasteiger partial charge in [-0.25, -0.2) is 19.4 Å². The van der Waals surface area contributed by atoms with E-state index >= 15 is 0 Å². The first-order valence-electron chi connectivity index (χ1n) is 17.1. The molecule has 0 spiro atoms. The molecular formula is C39H40Cl2N6O7. The second-order valence-electron chi connectivity index (χ2n) is 13.4. The topological polar surface area (TPSA) is 177 Å². The second-order valence-corrected chi connectivity index (χ2v) is 14.2. The van der Waals surface area contributed by atoms with Gasteiger partial charge >= 0.3 is 18.1 Å². The van der Waals surface area contributed by atoms with Gasteiger partial charge in [0, 0.05) is 6.20 Å². The first-order valence-corrected chi connectivity index (χ1v) is 17.9. The number of aromatic nitrogens is 1. The van der Waals surface area contributed by atoms with E-state index in [9.17, 15) is 24.0 Å². The highest BCUT2D eigenvalue weighted by Gasteiger charge is 2.29. The number of anilines is 2. The molecule has 1 aliphatic carbocycles. The summed E-state index contributed by atoms with van der Waals surface area (Å²) in [6, 6.07) is 20.6. The smallest absolute Gasteiger partial charge is 0.413 e. The maximum Gasteiger partial charge on any atom is 0.413 e. The van der Waals surface area contributed by atoms with Crippen LogP contribution >= 0.6 is 23.2 Å². The van der Waals surface area contributed by atoms with Crippen molar-refractivity contribution in [2.75, 3.05) is 17.2 Å². The van der Waals surface area contributed by atoms with Gasteiger partial charge in [-0.1, -0.05) is 77.8 Å². The van der Waals surface area contributed by atoms with Crippen LogP contribution in [0.4, 0.5) is 21.1 Å². The van der Waals surface area contributed by atoms with Crippen LogP contribution in [0.15, 0.2) is 85.1 Å². The fraction of sp³-hybridized carbons (Fsp3) is 0.282. The van der Waals surface area contributed by atoms with Crippen LogP contribution < -0.4 is 26.6 Å². The number of esters is 1. The van der Waals surface area contributed by atoms with Crippen LogP contribution in [-0.4, -0.2) is 53.1 Å². The molecule has 0 aliphatic heterocycles. The highest BCUT2D eigenvalue weighted by atomic mass is 35.5. The number of urea groups is 1. The van der Waals surface area contributed by atoms with Crippen LogP contribution in [0.2, 0.25) is 10.0 Å². The molecule has 15 heteroatoms. The number of carbonyl (C=O) groups excluding carboxylic acids is 5. The number of ether oxygens (including phenoxy) is 2. The first kappa shape index (κ1) is 39.5. The van der Waals surface area contributed by atoms with Crippen LogP contribution in [0, 0.1) is 0 Å². The number of aryl methyl sites for hydroxylation is 1. The Kier molecular flexibility index (Phi) is 13.1. The van der Waals surface area contributed by atoms with E-state index in [0.717, 1.165) is 29.5 Å². The van der Waals surface area contributed by atoms with Crippen molar-refractivity contribution in [3.63, 3.8) is 0 Å². The van der Waals surface area contributed by atoms with Crippen LogP contribution in [-0.2, 0) is 38.5 Å². The van der Waals surface area contributed by atoms with Crippen molar-refractivity contribution in [2.24, 2.45) is 0 Å². The van der Waals surface area contributed by atoms with Gasteiger partial charge in [-0.05, 0) is 80.1 Å². The quantitative estimate of drug-likeness (QED) is 0.0983. The molecule has 282 valence electrons. The average molecular weight is 776 g/mol. The lowest BCUT2D eigenvalue weighted by atomic mass is 10.1. The van der Waals surface area contributed by atoms with Gasteiger partial charge in [0.25, 0.3) is 5.91 Å². The Morgan fingerprint density at radius 3 is 2.41 bits per heavy atom. The van der Waals surface area contributed by atoms with Crippen LogP contribution in [0.25, 0.3) is 0 Å². The molecule has 0 saturated heterocycles. The lowest BCUT2D eigenvalue weighted by Crippen LogP contribution is -2.51. The molecule has 0 saturated carbocycles. The molecule has 5 N–H and O–H groups in total. The summed E-state index contributed by atoms with van der Waals surface area (Å²) in [6.07, 6.45) is 2.15. The van der Waals surface area contributed by atoms with Crippen molar-refractivity contribution < 1.29 is 33.4 Å². The molecule has 1 heterocycles. The standard InChI is InChI=1S/C39H40Cl2N6O7/c1-39(2,3)54-38(52)47-31-19-24(17-18-42-31)20-32(48)44-29-16-14-27(40)33(34(29)41)35(49)45-30(36(50)53-22-23-9-5-4-6-10-23)21-43-37(51)46-28-15-13-25-11-7-8-12-26(25)28/h4-12,14,16-19,28,30H,13,15,20-22H2,1-3H3,(H,44,48)(H,45,49)(H,42,47,52)(H2,43,46,51)/t28?,30-/m0/s1. The van der Waals surface area contributed by atoms with E-state index in [4.69, 9.17) is 32.7 Å². The van der Waals surface area contributed by atoms with Gasteiger partial charge in [-0.15, -0.1) is 0 Å². The number of hydrogen-bond donors (Lipinski definition) is 5. The summed E-state index contributed by atoms with van der Waals surface area (Å²) in [7, 11) is 0. The summed E-state index contributed by atoms with van der Waals surface area (Å²) >= 11 is 13.1. The fourth-order valence-corrected chi connectivity index (χ4v) is 6.25. The Morgan fingerprint density at radius 2 is 1.65 bits per heavy atom. The molecule has 1 aliphatic rings. The van der Waals surface area contributed by atoms with Gasteiger partial charge in [0.05, 0.1) is 40.3 Å². The molecule has 1 aromatic heterocycles. The van der Waals surface area contributed by atoms with Crippen molar-refractivity contribution in [2.45, 2.75) is 64.3 Å². The van der Waals surface area contributed by atoms with Crippen LogP contribution in [0.3, 0.4) is 0 Å². The average Bonchev–Trinajstić information content (AvgIpc) is 3.52. The van der Waals surface area contributed by atoms with Crippen LogP contribution in [0.1, 0.15) is 65.8 Å². The van der Waals surface area contributed by atoms with E-state index in [1.165, 1.54) is 24.4 Å². The lowest BCUT2D eigenvalue weighted by molar-refractivity contribution is -0.147. The summed E-state index contributed by atoms with van der Waals surface area (Å²) < 4.78 is 10.7. The fourth-order valence-electron chi connectivity index (χ4n) is 5.66. The van der Waals surface area contributed by atoms with E-state index in [0.29, 0.717) is 5.56 Å². The van der Waals surface area contributed by atoms with Crippen molar-refractivity contribution >= 4 is 64.6 Å². The minimum Gasteiger partial charge on any atom is -0.459 e. The van der Waals surface area contributed by atoms with Gasteiger partial charge in [0.15, 0.2) is 0 Å². The number of carbonyl (C=O) groups is 5. The van der Waals surface area contributed by atoms with Crippen LogP contribution in [0.5, 0.6) is 0 Å². The van der Waals surface area contributed by atoms with Crippen molar-refractivity contribution in [3.8, 4) is 0 Å². The molecule has 0 radical (unpaired) electrons. The molecule has 54 heavy (non-hydrogen) atoms. The monoisotopic (exact) mass is 774 g/mol. The highest BCUT2D eigenvalue weighted by Crippen LogP contribution is 2.33. The van der Waals surface area contributed by atoms with E-state index in [1.807, 2.05) is 30.3 Å². The van der Waals surface area contributed by atoms with E-state index in [1.54, 1.807) is 51.1 Å². The molecule has 0 fully saturated rings. The molecule has 3 aromatic carbocycles. The maximum absolute atomic E-state index is 13.7. The Hall–Kier alpha value is -5.66. The highest BCUT2D eigenvalue weighted by molar-refractivity contribution is 6.41.